The van der Waals surface area contributed by atoms with Gasteiger partial charge in [-0.05, 0) is 53.8 Å². The van der Waals surface area contributed by atoms with Crippen LogP contribution < -0.4 is 11.1 Å². The summed E-state index contributed by atoms with van der Waals surface area (Å²) < 4.78 is 3.10. The predicted octanol–water partition coefficient (Wildman–Crippen LogP) is 3.95. The molecule has 0 radical (unpaired) electrons. The number of fused-ring (bicyclic) bond motifs is 2. The SMILES string of the molecule is NC1=NC(c2ccc(-n3ccnc3)cc2)C2=C(N1)c1ccc(Br)cc1CC2. The van der Waals surface area contributed by atoms with Crippen LogP contribution in [0.1, 0.15) is 29.2 Å². The molecule has 27 heavy (non-hydrogen) atoms. The second-order valence-electron chi connectivity index (χ2n) is 6.81. The van der Waals surface area contributed by atoms with Gasteiger partial charge in [-0.25, -0.2) is 9.98 Å². The van der Waals surface area contributed by atoms with Crippen LogP contribution in [0.4, 0.5) is 0 Å². The highest BCUT2D eigenvalue weighted by atomic mass is 79.9. The van der Waals surface area contributed by atoms with Crippen molar-refractivity contribution in [3.05, 3.63) is 87.9 Å². The van der Waals surface area contributed by atoms with Crippen LogP contribution in [0.5, 0.6) is 0 Å². The molecular weight excluding hydrogens is 402 g/mol. The van der Waals surface area contributed by atoms with Gasteiger partial charge in [0.05, 0.1) is 12.0 Å². The molecule has 0 spiro atoms. The Morgan fingerprint density at radius 2 is 1.96 bits per heavy atom. The summed E-state index contributed by atoms with van der Waals surface area (Å²) >= 11 is 3.57. The van der Waals surface area contributed by atoms with Crippen molar-refractivity contribution in [3.63, 3.8) is 0 Å². The first kappa shape index (κ1) is 16.3. The number of hydrogen-bond donors (Lipinski definition) is 2. The van der Waals surface area contributed by atoms with Gasteiger partial charge in [-0.2, -0.15) is 0 Å². The predicted molar refractivity (Wildman–Crippen MR) is 110 cm³/mol. The summed E-state index contributed by atoms with van der Waals surface area (Å²) in [5, 5.41) is 3.31. The molecule has 2 aromatic carbocycles. The van der Waals surface area contributed by atoms with E-state index in [1.807, 2.05) is 10.8 Å². The van der Waals surface area contributed by atoms with Crippen molar-refractivity contribution in [2.75, 3.05) is 0 Å². The van der Waals surface area contributed by atoms with Gasteiger partial charge < -0.3 is 15.6 Å². The van der Waals surface area contributed by atoms with Crippen LogP contribution in [0, 0.1) is 0 Å². The minimum absolute atomic E-state index is 0.0464. The largest absolute Gasteiger partial charge is 0.370 e. The summed E-state index contributed by atoms with van der Waals surface area (Å²) in [4.78, 5) is 8.82. The molecule has 2 heterocycles. The highest BCUT2D eigenvalue weighted by Gasteiger charge is 2.29. The number of imidazole rings is 1. The fourth-order valence-electron chi connectivity index (χ4n) is 3.90. The fourth-order valence-corrected chi connectivity index (χ4v) is 4.30. The molecule has 0 fully saturated rings. The number of hydrogen-bond acceptors (Lipinski definition) is 4. The standard InChI is InChI=1S/C21H18BrN5/c22-15-4-8-17-14(11-15)3-7-18-19(25-21(23)26-20(17)18)13-1-5-16(6-2-13)27-10-9-24-12-27/h1-2,4-6,8-12,19H,3,7H2,(H3,23,25,26). The zero-order valence-electron chi connectivity index (χ0n) is 14.6. The van der Waals surface area contributed by atoms with Gasteiger partial charge in [0, 0.05) is 28.1 Å². The van der Waals surface area contributed by atoms with E-state index in [0.717, 1.165) is 34.3 Å². The quantitative estimate of drug-likeness (QED) is 0.660. The Morgan fingerprint density at radius 3 is 2.74 bits per heavy atom. The third-order valence-corrected chi connectivity index (χ3v) is 5.68. The Labute approximate surface area is 165 Å². The van der Waals surface area contributed by atoms with Crippen molar-refractivity contribution < 1.29 is 0 Å². The molecule has 134 valence electrons. The molecule has 3 aromatic rings. The molecule has 2 aliphatic rings. The summed E-state index contributed by atoms with van der Waals surface area (Å²) in [5.41, 5.74) is 13.3. The van der Waals surface area contributed by atoms with Gasteiger partial charge in [0.25, 0.3) is 0 Å². The maximum Gasteiger partial charge on any atom is 0.194 e. The van der Waals surface area contributed by atoms with Crippen LogP contribution in [0.3, 0.4) is 0 Å². The summed E-state index contributed by atoms with van der Waals surface area (Å²) in [5.74, 6) is 0.466. The zero-order valence-corrected chi connectivity index (χ0v) is 16.1. The molecule has 1 unspecified atom stereocenters. The lowest BCUT2D eigenvalue weighted by atomic mass is 9.83. The number of nitrogens with two attached hydrogens (primary N) is 1. The molecule has 1 aliphatic heterocycles. The summed E-state index contributed by atoms with van der Waals surface area (Å²) in [6.07, 6.45) is 7.49. The van der Waals surface area contributed by atoms with E-state index in [-0.39, 0.29) is 6.04 Å². The van der Waals surface area contributed by atoms with Crippen molar-refractivity contribution in [2.24, 2.45) is 10.7 Å². The van der Waals surface area contributed by atoms with Gasteiger partial charge in [-0.3, -0.25) is 0 Å². The Balaban J connectivity index is 1.56. The van der Waals surface area contributed by atoms with Gasteiger partial charge in [0.1, 0.15) is 6.04 Å². The average Bonchev–Trinajstić information content (AvgIpc) is 3.22. The van der Waals surface area contributed by atoms with Gasteiger partial charge >= 0.3 is 0 Å². The van der Waals surface area contributed by atoms with E-state index in [4.69, 9.17) is 10.7 Å². The van der Waals surface area contributed by atoms with Crippen LogP contribution in [0.25, 0.3) is 11.4 Å². The molecule has 3 N–H and O–H groups in total. The molecule has 0 amide bonds. The van der Waals surface area contributed by atoms with Crippen molar-refractivity contribution in [1.29, 1.82) is 0 Å². The number of aromatic nitrogens is 2. The van der Waals surface area contributed by atoms with Crippen molar-refractivity contribution >= 4 is 27.6 Å². The second-order valence-corrected chi connectivity index (χ2v) is 7.72. The third kappa shape index (κ3) is 2.86. The first-order valence-electron chi connectivity index (χ1n) is 8.89. The van der Waals surface area contributed by atoms with Gasteiger partial charge in [0.2, 0.25) is 0 Å². The van der Waals surface area contributed by atoms with E-state index in [1.165, 1.54) is 16.7 Å². The van der Waals surface area contributed by atoms with Gasteiger partial charge in [0.15, 0.2) is 5.96 Å². The van der Waals surface area contributed by atoms with E-state index in [1.54, 1.807) is 12.5 Å². The molecule has 5 rings (SSSR count). The van der Waals surface area contributed by atoms with Crippen LogP contribution in [-0.2, 0) is 6.42 Å². The third-order valence-electron chi connectivity index (χ3n) is 5.18. The zero-order chi connectivity index (χ0) is 18.4. The number of guanidine groups is 1. The van der Waals surface area contributed by atoms with Crippen LogP contribution >= 0.6 is 15.9 Å². The number of nitrogens with zero attached hydrogens (tertiary/aromatic N) is 3. The van der Waals surface area contributed by atoms with Crippen LogP contribution in [-0.4, -0.2) is 15.5 Å². The molecule has 1 aromatic heterocycles. The Kier molecular flexibility index (Phi) is 3.86. The first-order chi connectivity index (χ1) is 13.2. The minimum Gasteiger partial charge on any atom is -0.370 e. The topological polar surface area (TPSA) is 68.2 Å². The molecule has 1 atom stereocenters. The van der Waals surface area contributed by atoms with Crippen LogP contribution in [0.15, 0.2) is 76.2 Å². The average molecular weight is 420 g/mol. The smallest absolute Gasteiger partial charge is 0.194 e. The molecule has 6 heteroatoms. The van der Waals surface area contributed by atoms with Crippen molar-refractivity contribution in [1.82, 2.24) is 14.9 Å². The van der Waals surface area contributed by atoms with E-state index in [2.05, 4.69) is 68.7 Å². The van der Waals surface area contributed by atoms with E-state index < -0.39 is 0 Å². The molecule has 5 nitrogen and oxygen atoms in total. The lowest BCUT2D eigenvalue weighted by molar-refractivity contribution is 0.733. The number of aryl methyl sites for hydroxylation is 1. The Bertz CT molecular complexity index is 1060. The maximum absolute atomic E-state index is 6.15. The highest BCUT2D eigenvalue weighted by molar-refractivity contribution is 9.10. The summed E-state index contributed by atoms with van der Waals surface area (Å²) in [6.45, 7) is 0. The van der Waals surface area contributed by atoms with E-state index in [0.29, 0.717) is 5.96 Å². The maximum atomic E-state index is 6.15. The fraction of sp³-hybridized carbons (Fsp3) is 0.143. The first-order valence-corrected chi connectivity index (χ1v) is 9.69. The number of halogens is 1. The molecule has 0 bridgehead atoms. The number of nitrogens with one attached hydrogen (secondary N) is 1. The normalized spacial score (nSPS) is 18.4. The minimum atomic E-state index is -0.0464. The van der Waals surface area contributed by atoms with Crippen LogP contribution in [0.2, 0.25) is 0 Å². The van der Waals surface area contributed by atoms with E-state index in [9.17, 15) is 0 Å². The molecular formula is C21H18BrN5. The van der Waals surface area contributed by atoms with E-state index >= 15 is 0 Å². The summed E-state index contributed by atoms with van der Waals surface area (Å²) in [6, 6.07) is 14.8. The summed E-state index contributed by atoms with van der Waals surface area (Å²) in [7, 11) is 0. The Hall–Kier alpha value is -2.86. The van der Waals surface area contributed by atoms with Crippen molar-refractivity contribution in [2.45, 2.75) is 18.9 Å². The monoisotopic (exact) mass is 419 g/mol. The number of aliphatic imine (C=N–C) groups is 1. The Morgan fingerprint density at radius 1 is 1.11 bits per heavy atom. The lowest BCUT2D eigenvalue weighted by Crippen LogP contribution is -2.37. The van der Waals surface area contributed by atoms with Gasteiger partial charge in [-0.1, -0.05) is 34.1 Å². The van der Waals surface area contributed by atoms with Gasteiger partial charge in [-0.15, -0.1) is 0 Å². The number of benzene rings is 2. The lowest BCUT2D eigenvalue weighted by Gasteiger charge is -2.32. The van der Waals surface area contributed by atoms with Crippen molar-refractivity contribution in [3.8, 4) is 5.69 Å². The molecule has 0 saturated carbocycles. The second kappa shape index (κ2) is 6.39. The number of rotatable bonds is 2. The molecule has 1 aliphatic carbocycles. The molecule has 0 saturated heterocycles. The highest BCUT2D eigenvalue weighted by Crippen LogP contribution is 2.41.